The maximum Gasteiger partial charge on any atom is 0.154 e. The summed E-state index contributed by atoms with van der Waals surface area (Å²) >= 11 is 5.18. The van der Waals surface area contributed by atoms with Crippen LogP contribution in [0.15, 0.2) is 0 Å². The highest BCUT2D eigenvalue weighted by Crippen LogP contribution is 1.85. The van der Waals surface area contributed by atoms with Crippen LogP contribution in [0, 0.1) is 24.7 Å². The Kier molecular flexibility index (Phi) is 2.38. The van der Waals surface area contributed by atoms with Crippen LogP contribution in [-0.4, -0.2) is 5.38 Å². The molecular weight excluding hydrogens is 95.5 g/mol. The minimum absolute atomic E-state index is 0.537. The topological polar surface area (TPSA) is 0 Å². The number of rotatable bonds is 0. The number of hydrogen-bond donors (Lipinski definition) is 0. The third-order valence-corrected chi connectivity index (χ3v) is 0.545. The summed E-state index contributed by atoms with van der Waals surface area (Å²) in [6, 6.07) is 0. The molecule has 0 aliphatic rings. The molecule has 30 valence electrons. The van der Waals surface area contributed by atoms with Gasteiger partial charge in [0.1, 0.15) is 0 Å². The van der Waals surface area contributed by atoms with E-state index in [4.69, 9.17) is 24.4 Å². The first-order valence-corrected chi connectivity index (χ1v) is 1.81. The molecule has 1 heteroatoms. The largest absolute Gasteiger partial charge is 0.154 e. The van der Waals surface area contributed by atoms with Gasteiger partial charge in [0.2, 0.25) is 0 Å². The van der Waals surface area contributed by atoms with E-state index in [-0.39, 0.29) is 0 Å². The second-order valence-electron chi connectivity index (χ2n) is 0.696. The second-order valence-corrected chi connectivity index (χ2v) is 1.13. The Morgan fingerprint density at radius 1 is 1.33 bits per heavy atom. The van der Waals surface area contributed by atoms with Crippen LogP contribution in [0.1, 0.15) is 0 Å². The standard InChI is InChI=1S/C5H3Cl/c1-3-5(6)4-2/h1-2,5H. The lowest BCUT2D eigenvalue weighted by atomic mass is 10.5. The van der Waals surface area contributed by atoms with Crippen LogP contribution in [0.5, 0.6) is 0 Å². The maximum absolute atomic E-state index is 5.18. The van der Waals surface area contributed by atoms with Crippen molar-refractivity contribution < 1.29 is 0 Å². The van der Waals surface area contributed by atoms with E-state index in [0.29, 0.717) is 0 Å². The zero-order chi connectivity index (χ0) is 4.99. The van der Waals surface area contributed by atoms with Crippen LogP contribution in [0.2, 0.25) is 0 Å². The molecule has 0 radical (unpaired) electrons. The molecular formula is C5H3Cl. The van der Waals surface area contributed by atoms with Crippen LogP contribution in [-0.2, 0) is 0 Å². The van der Waals surface area contributed by atoms with Gasteiger partial charge in [0, 0.05) is 0 Å². The first-order chi connectivity index (χ1) is 2.81. The molecule has 0 amide bonds. The van der Waals surface area contributed by atoms with Gasteiger partial charge in [0.05, 0.1) is 0 Å². The van der Waals surface area contributed by atoms with E-state index in [1.807, 2.05) is 0 Å². The van der Waals surface area contributed by atoms with Crippen molar-refractivity contribution in [2.45, 2.75) is 5.38 Å². The Morgan fingerprint density at radius 2 is 1.67 bits per heavy atom. The van der Waals surface area contributed by atoms with E-state index in [1.54, 1.807) is 0 Å². The minimum atomic E-state index is -0.537. The molecule has 0 bridgehead atoms. The molecule has 0 aromatic rings. The van der Waals surface area contributed by atoms with Crippen LogP contribution < -0.4 is 0 Å². The fourth-order valence-corrected chi connectivity index (χ4v) is 0.0481. The molecule has 0 saturated heterocycles. The number of terminal acetylenes is 2. The van der Waals surface area contributed by atoms with E-state index in [0.717, 1.165) is 0 Å². The van der Waals surface area contributed by atoms with Crippen molar-refractivity contribution in [2.24, 2.45) is 0 Å². The van der Waals surface area contributed by atoms with Crippen LogP contribution in [0.4, 0.5) is 0 Å². The molecule has 0 unspecified atom stereocenters. The number of halogens is 1. The highest BCUT2D eigenvalue weighted by atomic mass is 35.5. The van der Waals surface area contributed by atoms with E-state index >= 15 is 0 Å². The van der Waals surface area contributed by atoms with Gasteiger partial charge in [-0.1, -0.05) is 23.4 Å². The molecule has 6 heavy (non-hydrogen) atoms. The molecule has 0 N–H and O–H groups in total. The molecule has 0 aliphatic carbocycles. The van der Waals surface area contributed by atoms with Gasteiger partial charge in [0.25, 0.3) is 0 Å². The van der Waals surface area contributed by atoms with Crippen molar-refractivity contribution in [1.82, 2.24) is 0 Å². The van der Waals surface area contributed by atoms with Crippen molar-refractivity contribution in [1.29, 1.82) is 0 Å². The predicted octanol–water partition coefficient (Wildman–Crippen LogP) is 0.860. The fraction of sp³-hybridized carbons (Fsp3) is 0.200. The van der Waals surface area contributed by atoms with Crippen molar-refractivity contribution in [2.75, 3.05) is 0 Å². The smallest absolute Gasteiger partial charge is 0.117 e. The van der Waals surface area contributed by atoms with Crippen LogP contribution in [0.3, 0.4) is 0 Å². The van der Waals surface area contributed by atoms with Crippen molar-refractivity contribution in [3.63, 3.8) is 0 Å². The Bertz CT molecular complexity index is 88.1. The lowest BCUT2D eigenvalue weighted by Crippen LogP contribution is -1.82. The zero-order valence-corrected chi connectivity index (χ0v) is 3.87. The lowest BCUT2D eigenvalue weighted by molar-refractivity contribution is 1.58. The summed E-state index contributed by atoms with van der Waals surface area (Å²) < 4.78 is 0. The Labute approximate surface area is 42.5 Å². The van der Waals surface area contributed by atoms with Gasteiger partial charge in [0.15, 0.2) is 5.38 Å². The summed E-state index contributed by atoms with van der Waals surface area (Å²) in [5.74, 6) is 4.29. The average molecular weight is 98.5 g/mol. The average Bonchev–Trinajstić information content (AvgIpc) is 1.65. The molecule has 0 aliphatic heterocycles. The van der Waals surface area contributed by atoms with Gasteiger partial charge in [-0.2, -0.15) is 0 Å². The molecule has 0 heterocycles. The van der Waals surface area contributed by atoms with Crippen LogP contribution in [0.25, 0.3) is 0 Å². The normalized spacial score (nSPS) is 6.67. The van der Waals surface area contributed by atoms with Gasteiger partial charge < -0.3 is 0 Å². The molecule has 0 aromatic heterocycles. The summed E-state index contributed by atoms with van der Waals surface area (Å²) in [6.07, 6.45) is 9.52. The summed E-state index contributed by atoms with van der Waals surface area (Å²) in [7, 11) is 0. The van der Waals surface area contributed by atoms with Crippen LogP contribution >= 0.6 is 11.6 Å². The van der Waals surface area contributed by atoms with Gasteiger partial charge >= 0.3 is 0 Å². The van der Waals surface area contributed by atoms with Crippen molar-refractivity contribution in [3.05, 3.63) is 0 Å². The van der Waals surface area contributed by atoms with Crippen molar-refractivity contribution in [3.8, 4) is 24.7 Å². The number of alkyl halides is 1. The minimum Gasteiger partial charge on any atom is -0.117 e. The molecule has 0 aromatic carbocycles. The summed E-state index contributed by atoms with van der Waals surface area (Å²) in [6.45, 7) is 0. The Hall–Kier alpha value is -0.590. The van der Waals surface area contributed by atoms with Crippen molar-refractivity contribution >= 4 is 11.6 Å². The SMILES string of the molecule is C#CC(Cl)C#C. The summed E-state index contributed by atoms with van der Waals surface area (Å²) in [5, 5.41) is -0.537. The Balaban J connectivity index is 3.40. The molecule has 0 fully saturated rings. The van der Waals surface area contributed by atoms with Gasteiger partial charge in [-0.25, -0.2) is 0 Å². The lowest BCUT2D eigenvalue weighted by Gasteiger charge is -1.77. The molecule has 0 spiro atoms. The van der Waals surface area contributed by atoms with E-state index < -0.39 is 5.38 Å². The quantitative estimate of drug-likeness (QED) is 0.311. The highest BCUT2D eigenvalue weighted by Gasteiger charge is 1.83. The maximum atomic E-state index is 5.18. The van der Waals surface area contributed by atoms with E-state index in [2.05, 4.69) is 11.8 Å². The molecule has 0 rings (SSSR count). The first-order valence-electron chi connectivity index (χ1n) is 1.37. The molecule has 0 nitrogen and oxygen atoms in total. The summed E-state index contributed by atoms with van der Waals surface area (Å²) in [5.41, 5.74) is 0. The second kappa shape index (κ2) is 2.64. The predicted molar refractivity (Wildman–Crippen MR) is 27.3 cm³/mol. The first kappa shape index (κ1) is 5.41. The van der Waals surface area contributed by atoms with E-state index in [9.17, 15) is 0 Å². The number of hydrogen-bond acceptors (Lipinski definition) is 0. The van der Waals surface area contributed by atoms with E-state index in [1.165, 1.54) is 0 Å². The Morgan fingerprint density at radius 3 is 1.67 bits per heavy atom. The highest BCUT2D eigenvalue weighted by molar-refractivity contribution is 6.24. The molecule has 0 saturated carbocycles. The zero-order valence-electron chi connectivity index (χ0n) is 3.11. The third-order valence-electron chi connectivity index (χ3n) is 0.293. The summed E-state index contributed by atoms with van der Waals surface area (Å²) in [4.78, 5) is 0. The third kappa shape index (κ3) is 1.70. The van der Waals surface area contributed by atoms with Gasteiger partial charge in [-0.15, -0.1) is 12.8 Å². The molecule has 0 atom stereocenters. The monoisotopic (exact) mass is 98.0 g/mol. The fourth-order valence-electron chi connectivity index (χ4n) is 0.0481. The van der Waals surface area contributed by atoms with Gasteiger partial charge in [-0.05, 0) is 0 Å². The van der Waals surface area contributed by atoms with Gasteiger partial charge in [-0.3, -0.25) is 0 Å².